The van der Waals surface area contributed by atoms with Crippen LogP contribution in [-0.4, -0.2) is 23.4 Å². The van der Waals surface area contributed by atoms with Crippen LogP contribution < -0.4 is 15.8 Å². The summed E-state index contributed by atoms with van der Waals surface area (Å²) in [5.74, 6) is -0.0533. The first-order valence-corrected chi connectivity index (χ1v) is 9.78. The van der Waals surface area contributed by atoms with Crippen LogP contribution in [0.5, 0.6) is 5.75 Å². The predicted octanol–water partition coefficient (Wildman–Crippen LogP) is 4.33. The summed E-state index contributed by atoms with van der Waals surface area (Å²) in [5, 5.41) is 2.85. The number of benzene rings is 2. The Labute approximate surface area is 177 Å². The molecule has 0 aliphatic rings. The molecule has 7 heteroatoms. The first-order valence-electron chi connectivity index (χ1n) is 8.98. The molecule has 2 amide bonds. The van der Waals surface area contributed by atoms with Crippen molar-refractivity contribution in [2.75, 3.05) is 11.9 Å². The molecule has 0 saturated carbocycles. The number of aryl methyl sites for hydroxylation is 1. The Morgan fingerprint density at radius 1 is 1.10 bits per heavy atom. The van der Waals surface area contributed by atoms with Gasteiger partial charge in [-0.05, 0) is 55.5 Å². The molecule has 0 spiro atoms. The number of carbonyl (C=O) groups is 2. The molecule has 148 valence electrons. The predicted molar refractivity (Wildman–Crippen MR) is 116 cm³/mol. The number of hydrogen-bond donors (Lipinski definition) is 2. The highest BCUT2D eigenvalue weighted by molar-refractivity contribution is 9.10. The van der Waals surface area contributed by atoms with Crippen molar-refractivity contribution < 1.29 is 14.3 Å². The fourth-order valence-electron chi connectivity index (χ4n) is 2.71. The van der Waals surface area contributed by atoms with Crippen molar-refractivity contribution >= 4 is 33.4 Å². The fourth-order valence-corrected chi connectivity index (χ4v) is 3.11. The maximum Gasteiger partial charge on any atom is 0.257 e. The lowest BCUT2D eigenvalue weighted by Crippen LogP contribution is -2.15. The van der Waals surface area contributed by atoms with E-state index in [1.807, 2.05) is 37.3 Å². The van der Waals surface area contributed by atoms with E-state index in [9.17, 15) is 9.59 Å². The number of rotatable bonds is 7. The summed E-state index contributed by atoms with van der Waals surface area (Å²) in [6.45, 7) is 2.03. The van der Waals surface area contributed by atoms with Crippen molar-refractivity contribution in [2.45, 2.75) is 13.3 Å². The maximum atomic E-state index is 12.6. The molecule has 29 heavy (non-hydrogen) atoms. The third-order valence-electron chi connectivity index (χ3n) is 4.18. The van der Waals surface area contributed by atoms with Crippen LogP contribution in [0.3, 0.4) is 0 Å². The molecule has 2 aromatic carbocycles. The second-order valence-electron chi connectivity index (χ2n) is 6.38. The summed E-state index contributed by atoms with van der Waals surface area (Å²) in [6, 6.07) is 18.4. The van der Waals surface area contributed by atoms with Crippen LogP contribution in [0.4, 0.5) is 5.69 Å². The molecular weight excluding hydrogens is 434 g/mol. The number of aromatic nitrogens is 1. The molecule has 3 rings (SSSR count). The van der Waals surface area contributed by atoms with Crippen molar-refractivity contribution in [1.82, 2.24) is 4.98 Å². The van der Waals surface area contributed by atoms with Crippen molar-refractivity contribution in [3.05, 3.63) is 76.4 Å². The van der Waals surface area contributed by atoms with E-state index in [4.69, 9.17) is 10.5 Å². The Balaban J connectivity index is 1.67. The number of anilines is 1. The molecule has 1 heterocycles. The van der Waals surface area contributed by atoms with E-state index in [1.54, 1.807) is 30.3 Å². The van der Waals surface area contributed by atoms with Gasteiger partial charge in [0.25, 0.3) is 5.91 Å². The quantitative estimate of drug-likeness (QED) is 0.556. The third-order valence-corrected chi connectivity index (χ3v) is 4.67. The van der Waals surface area contributed by atoms with Crippen LogP contribution in [0.25, 0.3) is 11.3 Å². The van der Waals surface area contributed by atoms with Gasteiger partial charge in [0, 0.05) is 15.7 Å². The monoisotopic (exact) mass is 453 g/mol. The number of pyridine rings is 1. The molecule has 3 N–H and O–H groups in total. The molecule has 0 saturated heterocycles. The Morgan fingerprint density at radius 2 is 1.86 bits per heavy atom. The number of carbonyl (C=O) groups excluding carboxylic acids is 2. The minimum atomic E-state index is -0.413. The van der Waals surface area contributed by atoms with E-state index < -0.39 is 5.91 Å². The third kappa shape index (κ3) is 5.65. The van der Waals surface area contributed by atoms with Crippen LogP contribution in [0.2, 0.25) is 0 Å². The van der Waals surface area contributed by atoms with Gasteiger partial charge in [-0.1, -0.05) is 28.1 Å². The SMILES string of the molecule is Cc1nc(-c2cccc(Br)c2)ccc1C(=O)Nc1ccc(OCCC(N)=O)cc1. The summed E-state index contributed by atoms with van der Waals surface area (Å²) < 4.78 is 6.39. The van der Waals surface area contributed by atoms with Gasteiger partial charge in [-0.2, -0.15) is 0 Å². The number of nitrogens with one attached hydrogen (secondary N) is 1. The molecule has 3 aromatic rings. The number of nitrogens with zero attached hydrogens (tertiary/aromatic N) is 1. The first kappa shape index (κ1) is 20.5. The van der Waals surface area contributed by atoms with Gasteiger partial charge in [0.2, 0.25) is 5.91 Å². The van der Waals surface area contributed by atoms with Gasteiger partial charge in [-0.15, -0.1) is 0 Å². The lowest BCUT2D eigenvalue weighted by atomic mass is 10.1. The number of ether oxygens (including phenoxy) is 1. The van der Waals surface area contributed by atoms with Gasteiger partial charge < -0.3 is 15.8 Å². The van der Waals surface area contributed by atoms with E-state index in [1.165, 1.54) is 0 Å². The fraction of sp³-hybridized carbons (Fsp3) is 0.136. The molecule has 0 radical (unpaired) electrons. The molecule has 0 aliphatic heterocycles. The molecule has 1 aromatic heterocycles. The number of hydrogen-bond acceptors (Lipinski definition) is 4. The molecule has 6 nitrogen and oxygen atoms in total. The Kier molecular flexibility index (Phi) is 6.61. The lowest BCUT2D eigenvalue weighted by molar-refractivity contribution is -0.118. The summed E-state index contributed by atoms with van der Waals surface area (Å²) in [4.78, 5) is 27.9. The summed E-state index contributed by atoms with van der Waals surface area (Å²) >= 11 is 3.46. The van der Waals surface area contributed by atoms with Gasteiger partial charge >= 0.3 is 0 Å². The molecular formula is C22H20BrN3O3. The minimum Gasteiger partial charge on any atom is -0.493 e. The molecule has 0 bridgehead atoms. The number of primary amides is 1. The van der Waals surface area contributed by atoms with E-state index in [0.717, 1.165) is 15.7 Å². The van der Waals surface area contributed by atoms with Crippen LogP contribution >= 0.6 is 15.9 Å². The Morgan fingerprint density at radius 3 is 2.52 bits per heavy atom. The maximum absolute atomic E-state index is 12.6. The molecule has 0 unspecified atom stereocenters. The zero-order valence-corrected chi connectivity index (χ0v) is 17.4. The number of amides is 2. The van der Waals surface area contributed by atoms with Crippen molar-refractivity contribution in [1.29, 1.82) is 0 Å². The topological polar surface area (TPSA) is 94.3 Å². The zero-order chi connectivity index (χ0) is 20.8. The van der Waals surface area contributed by atoms with Gasteiger partial charge in [0.15, 0.2) is 0 Å². The average Bonchev–Trinajstić information content (AvgIpc) is 2.69. The smallest absolute Gasteiger partial charge is 0.257 e. The van der Waals surface area contributed by atoms with Crippen LogP contribution in [0, 0.1) is 6.92 Å². The lowest BCUT2D eigenvalue weighted by Gasteiger charge is -2.10. The summed E-state index contributed by atoms with van der Waals surface area (Å²) in [6.07, 6.45) is 0.153. The molecule has 0 fully saturated rings. The van der Waals surface area contributed by atoms with Gasteiger partial charge in [0.1, 0.15) is 5.75 Å². The van der Waals surface area contributed by atoms with Gasteiger partial charge in [-0.25, -0.2) is 0 Å². The molecule has 0 atom stereocenters. The minimum absolute atomic E-state index is 0.153. The highest BCUT2D eigenvalue weighted by Crippen LogP contribution is 2.23. The molecule has 0 aliphatic carbocycles. The highest BCUT2D eigenvalue weighted by atomic mass is 79.9. The summed E-state index contributed by atoms with van der Waals surface area (Å²) in [7, 11) is 0. The van der Waals surface area contributed by atoms with E-state index in [0.29, 0.717) is 22.7 Å². The van der Waals surface area contributed by atoms with E-state index in [-0.39, 0.29) is 18.9 Å². The zero-order valence-electron chi connectivity index (χ0n) is 15.8. The Hall–Kier alpha value is -3.19. The van der Waals surface area contributed by atoms with Gasteiger partial charge in [0.05, 0.1) is 30.0 Å². The van der Waals surface area contributed by atoms with Crippen LogP contribution in [0.1, 0.15) is 22.5 Å². The van der Waals surface area contributed by atoms with Crippen molar-refractivity contribution in [3.8, 4) is 17.0 Å². The van der Waals surface area contributed by atoms with Crippen LogP contribution in [-0.2, 0) is 4.79 Å². The summed E-state index contributed by atoms with van der Waals surface area (Å²) in [5.41, 5.74) is 8.64. The van der Waals surface area contributed by atoms with Gasteiger partial charge in [-0.3, -0.25) is 14.6 Å². The van der Waals surface area contributed by atoms with E-state index >= 15 is 0 Å². The first-order chi connectivity index (χ1) is 13.9. The standard InChI is InChI=1S/C22H20BrN3O3/c1-14-19(9-10-20(25-14)15-3-2-4-16(23)13-15)22(28)26-17-5-7-18(8-6-17)29-12-11-21(24)27/h2-10,13H,11-12H2,1H3,(H2,24,27)(H,26,28). The van der Waals surface area contributed by atoms with Crippen molar-refractivity contribution in [2.24, 2.45) is 5.73 Å². The normalized spacial score (nSPS) is 10.4. The number of halogens is 1. The average molecular weight is 454 g/mol. The largest absolute Gasteiger partial charge is 0.493 e. The Bertz CT molecular complexity index is 1040. The second-order valence-corrected chi connectivity index (χ2v) is 7.30. The van der Waals surface area contributed by atoms with E-state index in [2.05, 4.69) is 26.2 Å². The highest BCUT2D eigenvalue weighted by Gasteiger charge is 2.12. The number of nitrogens with two attached hydrogens (primary N) is 1. The second kappa shape index (κ2) is 9.34. The van der Waals surface area contributed by atoms with Crippen molar-refractivity contribution in [3.63, 3.8) is 0 Å². The van der Waals surface area contributed by atoms with Crippen LogP contribution in [0.15, 0.2) is 65.1 Å².